The maximum absolute atomic E-state index is 12.4. The van der Waals surface area contributed by atoms with Gasteiger partial charge in [0.15, 0.2) is 5.76 Å². The highest BCUT2D eigenvalue weighted by molar-refractivity contribution is 7.89. The van der Waals surface area contributed by atoms with Crippen LogP contribution in [0.2, 0.25) is 0 Å². The summed E-state index contributed by atoms with van der Waals surface area (Å²) in [5, 5.41) is 0. The molecule has 1 aromatic heterocycles. The quantitative estimate of drug-likeness (QED) is 0.816. The number of rotatable bonds is 3. The third-order valence-electron chi connectivity index (χ3n) is 4.37. The predicted octanol–water partition coefficient (Wildman–Crippen LogP) is 0.701. The van der Waals surface area contributed by atoms with Gasteiger partial charge in [0.25, 0.3) is 5.91 Å². The number of furan rings is 1. The number of likely N-dealkylation sites (tertiary alicyclic amines) is 1. The zero-order chi connectivity index (χ0) is 16.1. The van der Waals surface area contributed by atoms with E-state index < -0.39 is 10.0 Å². The summed E-state index contributed by atoms with van der Waals surface area (Å²) >= 11 is 0. The Labute approximate surface area is 129 Å². The van der Waals surface area contributed by atoms with Gasteiger partial charge in [-0.3, -0.25) is 4.79 Å². The minimum absolute atomic E-state index is 0.0419. The van der Waals surface area contributed by atoms with Gasteiger partial charge >= 0.3 is 0 Å². The van der Waals surface area contributed by atoms with Crippen molar-refractivity contribution < 1.29 is 22.4 Å². The Hall–Kier alpha value is -1.38. The van der Waals surface area contributed by atoms with E-state index in [1.54, 1.807) is 11.8 Å². The lowest BCUT2D eigenvalue weighted by molar-refractivity contribution is -0.00175. The van der Waals surface area contributed by atoms with E-state index in [2.05, 4.69) is 0 Å². The molecule has 2 fully saturated rings. The van der Waals surface area contributed by atoms with Gasteiger partial charge in [0, 0.05) is 45.3 Å². The van der Waals surface area contributed by atoms with Crippen molar-refractivity contribution in [2.24, 2.45) is 5.41 Å². The molecular formula is C14H20N2O5S. The number of ether oxygens (including phenoxy) is 1. The molecule has 3 rings (SSSR count). The molecule has 0 N–H and O–H groups in total. The SMILES string of the molecule is Cc1oc(C(=O)N2CC3(CCOC3)C2)cc1S(=O)(=O)N(C)C. The van der Waals surface area contributed by atoms with Crippen LogP contribution in [0.4, 0.5) is 0 Å². The summed E-state index contributed by atoms with van der Waals surface area (Å²) in [5.41, 5.74) is 0.0931. The van der Waals surface area contributed by atoms with Gasteiger partial charge in [-0.2, -0.15) is 0 Å². The van der Waals surface area contributed by atoms with E-state index in [-0.39, 0.29) is 27.7 Å². The topological polar surface area (TPSA) is 80.1 Å². The fourth-order valence-corrected chi connectivity index (χ4v) is 4.04. The van der Waals surface area contributed by atoms with Gasteiger partial charge in [-0.05, 0) is 13.3 Å². The maximum Gasteiger partial charge on any atom is 0.289 e. The minimum atomic E-state index is -3.61. The van der Waals surface area contributed by atoms with Gasteiger partial charge < -0.3 is 14.1 Å². The summed E-state index contributed by atoms with van der Waals surface area (Å²) in [5.74, 6) is 0.0454. The van der Waals surface area contributed by atoms with Crippen LogP contribution >= 0.6 is 0 Å². The molecule has 0 aliphatic carbocycles. The number of carbonyl (C=O) groups is 1. The highest BCUT2D eigenvalue weighted by Gasteiger charge is 2.48. The van der Waals surface area contributed by atoms with Crippen LogP contribution in [0.1, 0.15) is 22.7 Å². The normalized spacial score (nSPS) is 20.6. The molecule has 1 amide bonds. The van der Waals surface area contributed by atoms with E-state index in [4.69, 9.17) is 9.15 Å². The van der Waals surface area contributed by atoms with Crippen molar-refractivity contribution in [3.8, 4) is 0 Å². The van der Waals surface area contributed by atoms with Crippen molar-refractivity contribution in [2.75, 3.05) is 40.4 Å². The third kappa shape index (κ3) is 2.35. The lowest BCUT2D eigenvalue weighted by Gasteiger charge is -2.46. The van der Waals surface area contributed by atoms with Crippen molar-refractivity contribution in [1.82, 2.24) is 9.21 Å². The average Bonchev–Trinajstić information content (AvgIpc) is 3.02. The zero-order valence-electron chi connectivity index (χ0n) is 13.0. The summed E-state index contributed by atoms with van der Waals surface area (Å²) in [4.78, 5) is 14.1. The summed E-state index contributed by atoms with van der Waals surface area (Å²) in [6.07, 6.45) is 0.966. The number of sulfonamides is 1. The van der Waals surface area contributed by atoms with Crippen molar-refractivity contribution >= 4 is 15.9 Å². The first-order valence-electron chi connectivity index (χ1n) is 7.15. The largest absolute Gasteiger partial charge is 0.455 e. The zero-order valence-corrected chi connectivity index (χ0v) is 13.8. The lowest BCUT2D eigenvalue weighted by Crippen LogP contribution is -2.58. The molecule has 2 saturated heterocycles. The van der Waals surface area contributed by atoms with Crippen molar-refractivity contribution in [2.45, 2.75) is 18.2 Å². The van der Waals surface area contributed by atoms with Crippen LogP contribution in [0.3, 0.4) is 0 Å². The van der Waals surface area contributed by atoms with Crippen LogP contribution in [0.25, 0.3) is 0 Å². The van der Waals surface area contributed by atoms with E-state index in [1.165, 1.54) is 20.2 Å². The van der Waals surface area contributed by atoms with E-state index in [0.717, 1.165) is 17.3 Å². The maximum atomic E-state index is 12.4. The molecule has 22 heavy (non-hydrogen) atoms. The monoisotopic (exact) mass is 328 g/mol. The number of hydrogen-bond donors (Lipinski definition) is 0. The highest BCUT2D eigenvalue weighted by Crippen LogP contribution is 2.39. The smallest absolute Gasteiger partial charge is 0.289 e. The molecule has 1 spiro atoms. The Balaban J connectivity index is 1.78. The van der Waals surface area contributed by atoms with Crippen LogP contribution in [0.5, 0.6) is 0 Å². The Bertz CT molecular complexity index is 693. The molecule has 0 unspecified atom stereocenters. The average molecular weight is 328 g/mol. The van der Waals surface area contributed by atoms with Crippen molar-refractivity contribution in [3.05, 3.63) is 17.6 Å². The van der Waals surface area contributed by atoms with E-state index in [1.807, 2.05) is 0 Å². The molecule has 0 radical (unpaired) electrons. The van der Waals surface area contributed by atoms with Gasteiger partial charge in [0.05, 0.1) is 6.61 Å². The Morgan fingerprint density at radius 2 is 2.05 bits per heavy atom. The predicted molar refractivity (Wildman–Crippen MR) is 78.1 cm³/mol. The van der Waals surface area contributed by atoms with Gasteiger partial charge in [0.2, 0.25) is 10.0 Å². The van der Waals surface area contributed by atoms with Gasteiger partial charge in [0.1, 0.15) is 10.7 Å². The summed E-state index contributed by atoms with van der Waals surface area (Å²) < 4.78 is 36.2. The number of carbonyl (C=O) groups excluding carboxylic acids is 1. The minimum Gasteiger partial charge on any atom is -0.455 e. The number of hydrogen-bond acceptors (Lipinski definition) is 5. The molecule has 1 aromatic rings. The third-order valence-corrected chi connectivity index (χ3v) is 6.29. The summed E-state index contributed by atoms with van der Waals surface area (Å²) in [6.45, 7) is 4.26. The second-order valence-electron chi connectivity index (χ2n) is 6.28. The summed E-state index contributed by atoms with van der Waals surface area (Å²) in [7, 11) is -0.714. The molecule has 0 bridgehead atoms. The van der Waals surface area contributed by atoms with Crippen LogP contribution in [-0.4, -0.2) is 63.9 Å². The lowest BCUT2D eigenvalue weighted by atomic mass is 9.79. The molecule has 8 heteroatoms. The molecule has 122 valence electrons. The first-order chi connectivity index (χ1) is 10.3. The second-order valence-corrected chi connectivity index (χ2v) is 8.40. The van der Waals surface area contributed by atoms with Crippen LogP contribution in [0.15, 0.2) is 15.4 Å². The molecule has 3 heterocycles. The fourth-order valence-electron chi connectivity index (χ4n) is 2.99. The van der Waals surface area contributed by atoms with E-state index in [0.29, 0.717) is 19.7 Å². The van der Waals surface area contributed by atoms with Gasteiger partial charge in [-0.1, -0.05) is 0 Å². The van der Waals surface area contributed by atoms with Crippen LogP contribution < -0.4 is 0 Å². The molecule has 0 aromatic carbocycles. The molecule has 2 aliphatic heterocycles. The second kappa shape index (κ2) is 5.07. The molecule has 7 nitrogen and oxygen atoms in total. The Morgan fingerprint density at radius 1 is 1.36 bits per heavy atom. The van der Waals surface area contributed by atoms with Crippen LogP contribution in [-0.2, 0) is 14.8 Å². The number of amides is 1. The Morgan fingerprint density at radius 3 is 2.59 bits per heavy atom. The number of aryl methyl sites for hydroxylation is 1. The van der Waals surface area contributed by atoms with E-state index in [9.17, 15) is 13.2 Å². The molecular weight excluding hydrogens is 308 g/mol. The van der Waals surface area contributed by atoms with Gasteiger partial charge in [-0.15, -0.1) is 0 Å². The molecule has 2 aliphatic rings. The van der Waals surface area contributed by atoms with Crippen LogP contribution in [0, 0.1) is 12.3 Å². The van der Waals surface area contributed by atoms with Crippen molar-refractivity contribution in [3.63, 3.8) is 0 Å². The first-order valence-corrected chi connectivity index (χ1v) is 8.59. The van der Waals surface area contributed by atoms with E-state index >= 15 is 0 Å². The highest BCUT2D eigenvalue weighted by atomic mass is 32.2. The first kappa shape index (κ1) is 15.5. The standard InChI is InChI=1S/C14H20N2O5S/c1-10-12(22(18,19)15(2)3)6-11(21-10)13(17)16-7-14(8-16)4-5-20-9-14/h6H,4-5,7-9H2,1-3H3. The number of nitrogens with zero attached hydrogens (tertiary/aromatic N) is 2. The molecule has 0 atom stereocenters. The molecule has 0 saturated carbocycles. The Kier molecular flexibility index (Phi) is 3.58. The fraction of sp³-hybridized carbons (Fsp3) is 0.643. The van der Waals surface area contributed by atoms with Gasteiger partial charge in [-0.25, -0.2) is 12.7 Å². The van der Waals surface area contributed by atoms with Crippen molar-refractivity contribution in [1.29, 1.82) is 0 Å². The summed E-state index contributed by atoms with van der Waals surface area (Å²) in [6, 6.07) is 1.32.